The molecule has 2 N–H and O–H groups in total. The number of benzene rings is 2. The van der Waals surface area contributed by atoms with Gasteiger partial charge in [-0.05, 0) is 43.2 Å². The molecule has 3 rings (SSSR count). The van der Waals surface area contributed by atoms with E-state index in [9.17, 15) is 18.4 Å². The Kier molecular flexibility index (Phi) is 7.47. The third-order valence-corrected chi connectivity index (χ3v) is 5.26. The van der Waals surface area contributed by atoms with Gasteiger partial charge in [0.1, 0.15) is 0 Å². The largest absolute Gasteiger partial charge is 0.493 e. The van der Waals surface area contributed by atoms with E-state index in [0.29, 0.717) is 29.2 Å². The number of nitrogens with zero attached hydrogens (tertiary/aromatic N) is 2. The summed E-state index contributed by atoms with van der Waals surface area (Å²) in [5.41, 5.74) is 3.03. The highest BCUT2D eigenvalue weighted by Crippen LogP contribution is 2.34. The van der Waals surface area contributed by atoms with Gasteiger partial charge in [-0.2, -0.15) is 5.10 Å². The van der Waals surface area contributed by atoms with Crippen molar-refractivity contribution >= 4 is 17.6 Å². The number of ether oxygens (including phenoxy) is 2. The van der Waals surface area contributed by atoms with E-state index in [-0.39, 0.29) is 17.6 Å². The molecule has 1 aliphatic rings. The van der Waals surface area contributed by atoms with Crippen LogP contribution in [-0.2, 0) is 6.42 Å². The summed E-state index contributed by atoms with van der Waals surface area (Å²) in [5.74, 6) is 0.465. The molecule has 33 heavy (non-hydrogen) atoms. The fourth-order valence-electron chi connectivity index (χ4n) is 3.60. The number of alkyl halides is 2. The summed E-state index contributed by atoms with van der Waals surface area (Å²) in [6, 6.07) is 9.42. The van der Waals surface area contributed by atoms with Gasteiger partial charge in [0.15, 0.2) is 11.5 Å². The van der Waals surface area contributed by atoms with E-state index >= 15 is 0 Å². The summed E-state index contributed by atoms with van der Waals surface area (Å²) in [4.78, 5) is 24.6. The maximum absolute atomic E-state index is 12.5. The first kappa shape index (κ1) is 24.0. The summed E-state index contributed by atoms with van der Waals surface area (Å²) in [5, 5.41) is 10.8. The molecule has 2 aromatic carbocycles. The van der Waals surface area contributed by atoms with Gasteiger partial charge >= 0.3 is 6.03 Å². The highest BCUT2D eigenvalue weighted by Gasteiger charge is 2.28. The Morgan fingerprint density at radius 1 is 1.15 bits per heavy atom. The van der Waals surface area contributed by atoms with Crippen LogP contribution in [0.3, 0.4) is 0 Å². The third-order valence-electron chi connectivity index (χ3n) is 5.26. The van der Waals surface area contributed by atoms with Crippen molar-refractivity contribution in [3.8, 4) is 11.5 Å². The van der Waals surface area contributed by atoms with Crippen molar-refractivity contribution in [3.05, 3.63) is 58.7 Å². The molecule has 0 spiro atoms. The maximum atomic E-state index is 12.5. The van der Waals surface area contributed by atoms with Gasteiger partial charge in [-0.15, -0.1) is 0 Å². The van der Waals surface area contributed by atoms with Gasteiger partial charge < -0.3 is 20.1 Å². The lowest BCUT2D eigenvalue weighted by Gasteiger charge is -2.22. The second-order valence-corrected chi connectivity index (χ2v) is 7.44. The number of carbonyl (C=O) groups excluding carboxylic acids is 2. The Bertz CT molecular complexity index is 1060. The molecular weight excluding hydrogens is 434 g/mol. The highest BCUT2D eigenvalue weighted by atomic mass is 19.3. The number of hydrogen-bond donors (Lipinski definition) is 2. The molecule has 176 valence electrons. The molecule has 0 saturated heterocycles. The summed E-state index contributed by atoms with van der Waals surface area (Å²) in [6.07, 6.45) is -2.11. The number of carbonyl (C=O) groups is 2. The van der Waals surface area contributed by atoms with Gasteiger partial charge in [0.2, 0.25) is 0 Å². The SMILES string of the molecule is CNC(=O)N1N=C(c2ccc(C(=O)NCC(F)F)cc2)c2cc(OC)c(OC)cc2CC1C. The lowest BCUT2D eigenvalue weighted by atomic mass is 9.93. The molecule has 0 aliphatic carbocycles. The van der Waals surface area contributed by atoms with Crippen molar-refractivity contribution in [2.45, 2.75) is 25.8 Å². The predicted molar refractivity (Wildman–Crippen MR) is 119 cm³/mol. The van der Waals surface area contributed by atoms with E-state index in [4.69, 9.17) is 9.47 Å². The minimum absolute atomic E-state index is 0.234. The van der Waals surface area contributed by atoms with Crippen LogP contribution >= 0.6 is 0 Å². The van der Waals surface area contributed by atoms with Crippen LogP contribution in [0.2, 0.25) is 0 Å². The first-order chi connectivity index (χ1) is 15.8. The molecule has 3 amide bonds. The minimum Gasteiger partial charge on any atom is -0.493 e. The molecule has 1 heterocycles. The number of fused-ring (bicyclic) bond motifs is 1. The first-order valence-corrected chi connectivity index (χ1v) is 10.3. The van der Waals surface area contributed by atoms with Crippen LogP contribution in [0.1, 0.15) is 34.0 Å². The topological polar surface area (TPSA) is 92.3 Å². The summed E-state index contributed by atoms with van der Waals surface area (Å²) >= 11 is 0. The standard InChI is InChI=1S/C23H26F2N4O4/c1-13-9-16-10-18(32-3)19(33-4)11-17(16)21(28-29(13)23(31)26-2)14-5-7-15(8-6-14)22(30)27-12-20(24)25/h5-8,10-11,13,20H,9,12H2,1-4H3,(H,26,31)(H,27,30). The average Bonchev–Trinajstić information content (AvgIpc) is 2.96. The van der Waals surface area contributed by atoms with Crippen molar-refractivity contribution in [3.63, 3.8) is 0 Å². The van der Waals surface area contributed by atoms with Crippen LogP contribution < -0.4 is 20.1 Å². The van der Waals surface area contributed by atoms with E-state index in [0.717, 1.165) is 11.1 Å². The number of nitrogens with one attached hydrogen (secondary N) is 2. The van der Waals surface area contributed by atoms with Crippen LogP contribution in [-0.4, -0.2) is 62.9 Å². The van der Waals surface area contributed by atoms with Crippen LogP contribution in [0.25, 0.3) is 0 Å². The normalized spacial score (nSPS) is 15.3. The average molecular weight is 460 g/mol. The number of urea groups is 1. The van der Waals surface area contributed by atoms with Gasteiger partial charge in [0.05, 0.1) is 32.5 Å². The molecular formula is C23H26F2N4O4. The number of methoxy groups -OCH3 is 2. The number of amides is 3. The second-order valence-electron chi connectivity index (χ2n) is 7.44. The maximum Gasteiger partial charge on any atom is 0.337 e. The summed E-state index contributed by atoms with van der Waals surface area (Å²) < 4.78 is 35.7. The highest BCUT2D eigenvalue weighted by molar-refractivity contribution is 6.15. The quantitative estimate of drug-likeness (QED) is 0.693. The predicted octanol–water partition coefficient (Wildman–Crippen LogP) is 3.04. The zero-order valence-electron chi connectivity index (χ0n) is 18.8. The van der Waals surface area contributed by atoms with Crippen molar-refractivity contribution < 1.29 is 27.8 Å². The van der Waals surface area contributed by atoms with Crippen molar-refractivity contribution in [2.24, 2.45) is 5.10 Å². The molecule has 0 saturated carbocycles. The van der Waals surface area contributed by atoms with E-state index in [2.05, 4.69) is 15.7 Å². The number of rotatable bonds is 6. The molecule has 1 unspecified atom stereocenters. The molecule has 8 nitrogen and oxygen atoms in total. The lowest BCUT2D eigenvalue weighted by molar-refractivity contribution is 0.0891. The van der Waals surface area contributed by atoms with Gasteiger partial charge in [-0.25, -0.2) is 18.6 Å². The molecule has 10 heteroatoms. The Hall–Kier alpha value is -3.69. The number of hydrogen-bond acceptors (Lipinski definition) is 5. The number of hydrazone groups is 1. The Morgan fingerprint density at radius 2 is 1.79 bits per heavy atom. The van der Waals surface area contributed by atoms with Gasteiger partial charge in [-0.3, -0.25) is 4.79 Å². The van der Waals surface area contributed by atoms with Crippen LogP contribution in [0, 0.1) is 0 Å². The fourth-order valence-corrected chi connectivity index (χ4v) is 3.60. The molecule has 0 aromatic heterocycles. The van der Waals surface area contributed by atoms with Crippen LogP contribution in [0.5, 0.6) is 11.5 Å². The molecule has 0 radical (unpaired) electrons. The van der Waals surface area contributed by atoms with Crippen LogP contribution in [0.4, 0.5) is 13.6 Å². The smallest absolute Gasteiger partial charge is 0.337 e. The van der Waals surface area contributed by atoms with Gasteiger partial charge in [-0.1, -0.05) is 12.1 Å². The summed E-state index contributed by atoms with van der Waals surface area (Å²) in [7, 11) is 4.61. The van der Waals surface area contributed by atoms with Crippen molar-refractivity contribution in [1.29, 1.82) is 0 Å². The summed E-state index contributed by atoms with van der Waals surface area (Å²) in [6.45, 7) is 1.17. The zero-order chi connectivity index (χ0) is 24.1. The number of halogens is 2. The Balaban J connectivity index is 2.08. The van der Waals surface area contributed by atoms with Gasteiger partial charge in [0.25, 0.3) is 12.3 Å². The van der Waals surface area contributed by atoms with E-state index in [1.807, 2.05) is 13.0 Å². The molecule has 0 fully saturated rings. The second kappa shape index (κ2) is 10.3. The lowest BCUT2D eigenvalue weighted by Crippen LogP contribution is -2.41. The molecule has 2 aromatic rings. The fraction of sp³-hybridized carbons (Fsp3) is 0.348. The van der Waals surface area contributed by atoms with E-state index in [1.165, 1.54) is 31.3 Å². The first-order valence-electron chi connectivity index (χ1n) is 10.3. The van der Waals surface area contributed by atoms with Gasteiger partial charge in [0, 0.05) is 23.7 Å². The molecule has 1 atom stereocenters. The van der Waals surface area contributed by atoms with Crippen LogP contribution in [0.15, 0.2) is 41.5 Å². The Morgan fingerprint density at radius 3 is 2.36 bits per heavy atom. The van der Waals surface area contributed by atoms with Crippen molar-refractivity contribution in [1.82, 2.24) is 15.6 Å². The third kappa shape index (κ3) is 5.21. The molecule has 0 bridgehead atoms. The zero-order valence-corrected chi connectivity index (χ0v) is 18.8. The van der Waals surface area contributed by atoms with E-state index in [1.54, 1.807) is 25.3 Å². The monoisotopic (exact) mass is 460 g/mol. The minimum atomic E-state index is -2.63. The van der Waals surface area contributed by atoms with E-state index < -0.39 is 18.9 Å². The van der Waals surface area contributed by atoms with Crippen molar-refractivity contribution in [2.75, 3.05) is 27.8 Å². The Labute approximate surface area is 190 Å². The molecule has 1 aliphatic heterocycles.